The summed E-state index contributed by atoms with van der Waals surface area (Å²) in [4.78, 5) is 22.8. The molecule has 0 atom stereocenters. The highest BCUT2D eigenvalue weighted by atomic mass is 16.1. The van der Waals surface area contributed by atoms with Crippen molar-refractivity contribution in [2.45, 2.75) is 73.6 Å². The Bertz CT molecular complexity index is 217. The standard InChI is InChI=1S/C14H26O2.CH4/c1-11(2)7-5-6-8-13(15)9-10-14(16)12(3)4;/h11-12H,5-10H2,1-4H3;1H4. The Kier molecular flexibility index (Phi) is 11.5. The average Bonchev–Trinajstić information content (AvgIpc) is 2.20. The van der Waals surface area contributed by atoms with E-state index in [0.29, 0.717) is 19.3 Å². The average molecular weight is 242 g/mol. The van der Waals surface area contributed by atoms with Crippen LogP contribution in [0, 0.1) is 11.8 Å². The third-order valence-electron chi connectivity index (χ3n) is 2.78. The number of Topliss-reactive ketones (excluding diaryl/α,β-unsaturated/α-hetero) is 2. The quantitative estimate of drug-likeness (QED) is 0.561. The van der Waals surface area contributed by atoms with Gasteiger partial charge in [-0.2, -0.15) is 0 Å². The summed E-state index contributed by atoms with van der Waals surface area (Å²) in [5.41, 5.74) is 0. The topological polar surface area (TPSA) is 34.1 Å². The molecule has 0 aliphatic carbocycles. The number of hydrogen-bond acceptors (Lipinski definition) is 2. The lowest BCUT2D eigenvalue weighted by Crippen LogP contribution is -2.09. The summed E-state index contributed by atoms with van der Waals surface area (Å²) in [6.07, 6.45) is 4.82. The van der Waals surface area contributed by atoms with Crippen LogP contribution >= 0.6 is 0 Å². The predicted octanol–water partition coefficient (Wildman–Crippen LogP) is 4.41. The van der Waals surface area contributed by atoms with Crippen LogP contribution in [0.4, 0.5) is 0 Å². The molecule has 0 rings (SSSR count). The number of rotatable bonds is 9. The number of carbonyl (C=O) groups is 2. The van der Waals surface area contributed by atoms with Gasteiger partial charge in [0, 0.05) is 25.2 Å². The van der Waals surface area contributed by atoms with Gasteiger partial charge in [0.05, 0.1) is 0 Å². The Balaban J connectivity index is 0. The molecule has 0 saturated heterocycles. The number of hydrogen-bond donors (Lipinski definition) is 0. The molecule has 102 valence electrons. The summed E-state index contributed by atoms with van der Waals surface area (Å²) in [6, 6.07) is 0. The molecule has 0 radical (unpaired) electrons. The lowest BCUT2D eigenvalue weighted by atomic mass is 10.00. The van der Waals surface area contributed by atoms with Crippen molar-refractivity contribution in [3.8, 4) is 0 Å². The summed E-state index contributed by atoms with van der Waals surface area (Å²) < 4.78 is 0. The van der Waals surface area contributed by atoms with Gasteiger partial charge in [-0.25, -0.2) is 0 Å². The minimum atomic E-state index is 0. The van der Waals surface area contributed by atoms with Crippen LogP contribution in [-0.4, -0.2) is 11.6 Å². The van der Waals surface area contributed by atoms with Crippen molar-refractivity contribution in [2.75, 3.05) is 0 Å². The van der Waals surface area contributed by atoms with Crippen LogP contribution in [-0.2, 0) is 9.59 Å². The van der Waals surface area contributed by atoms with E-state index in [1.54, 1.807) is 0 Å². The molecule has 0 N–H and O–H groups in total. The van der Waals surface area contributed by atoms with E-state index in [1.165, 1.54) is 6.42 Å². The highest BCUT2D eigenvalue weighted by molar-refractivity contribution is 5.86. The van der Waals surface area contributed by atoms with Crippen molar-refractivity contribution in [1.82, 2.24) is 0 Å². The van der Waals surface area contributed by atoms with Gasteiger partial charge in [-0.15, -0.1) is 0 Å². The summed E-state index contributed by atoms with van der Waals surface area (Å²) in [6.45, 7) is 8.16. The minimum Gasteiger partial charge on any atom is -0.300 e. The highest BCUT2D eigenvalue weighted by Crippen LogP contribution is 2.10. The van der Waals surface area contributed by atoms with Crippen LogP contribution in [0.1, 0.15) is 73.6 Å². The number of ketones is 2. The molecule has 0 heterocycles. The highest BCUT2D eigenvalue weighted by Gasteiger charge is 2.10. The first kappa shape index (κ1) is 18.7. The van der Waals surface area contributed by atoms with E-state index in [2.05, 4.69) is 13.8 Å². The van der Waals surface area contributed by atoms with Crippen molar-refractivity contribution in [3.63, 3.8) is 0 Å². The van der Waals surface area contributed by atoms with Crippen LogP contribution < -0.4 is 0 Å². The van der Waals surface area contributed by atoms with Gasteiger partial charge >= 0.3 is 0 Å². The molecule has 2 heteroatoms. The van der Waals surface area contributed by atoms with Gasteiger partial charge in [-0.3, -0.25) is 9.59 Å². The van der Waals surface area contributed by atoms with Crippen molar-refractivity contribution in [2.24, 2.45) is 11.8 Å². The number of unbranched alkanes of at least 4 members (excludes halogenated alkanes) is 1. The molecular weight excluding hydrogens is 212 g/mol. The van der Waals surface area contributed by atoms with Gasteiger partial charge in [-0.1, -0.05) is 48.0 Å². The molecule has 0 fully saturated rings. The van der Waals surface area contributed by atoms with E-state index >= 15 is 0 Å². The van der Waals surface area contributed by atoms with Gasteiger partial charge in [0.25, 0.3) is 0 Å². The molecule has 2 nitrogen and oxygen atoms in total. The summed E-state index contributed by atoms with van der Waals surface area (Å²) >= 11 is 0. The fraction of sp³-hybridized carbons (Fsp3) is 0.867. The van der Waals surface area contributed by atoms with Crippen molar-refractivity contribution in [1.29, 1.82) is 0 Å². The van der Waals surface area contributed by atoms with E-state index in [-0.39, 0.29) is 24.9 Å². The van der Waals surface area contributed by atoms with Gasteiger partial charge < -0.3 is 0 Å². The van der Waals surface area contributed by atoms with Crippen LogP contribution in [0.15, 0.2) is 0 Å². The Hall–Kier alpha value is -0.660. The van der Waals surface area contributed by atoms with E-state index < -0.39 is 0 Å². The Labute approximate surface area is 107 Å². The molecule has 17 heavy (non-hydrogen) atoms. The third-order valence-corrected chi connectivity index (χ3v) is 2.78. The number of carbonyl (C=O) groups excluding carboxylic acids is 2. The molecule has 0 amide bonds. The van der Waals surface area contributed by atoms with Crippen LogP contribution in [0.5, 0.6) is 0 Å². The van der Waals surface area contributed by atoms with Crippen molar-refractivity contribution >= 4 is 11.6 Å². The molecule has 0 aliphatic rings. The molecule has 0 aromatic rings. The smallest absolute Gasteiger partial charge is 0.135 e. The molecule has 0 unspecified atom stereocenters. The molecule has 0 saturated carbocycles. The summed E-state index contributed by atoms with van der Waals surface area (Å²) in [5, 5.41) is 0. The zero-order chi connectivity index (χ0) is 12.6. The van der Waals surface area contributed by atoms with E-state index in [9.17, 15) is 9.59 Å². The van der Waals surface area contributed by atoms with Gasteiger partial charge in [0.1, 0.15) is 11.6 Å². The fourth-order valence-electron chi connectivity index (χ4n) is 1.55. The monoisotopic (exact) mass is 242 g/mol. The van der Waals surface area contributed by atoms with Crippen LogP contribution in [0.25, 0.3) is 0 Å². The maximum atomic E-state index is 11.5. The van der Waals surface area contributed by atoms with E-state index in [1.807, 2.05) is 13.8 Å². The fourth-order valence-corrected chi connectivity index (χ4v) is 1.55. The Morgan fingerprint density at radius 1 is 0.882 bits per heavy atom. The van der Waals surface area contributed by atoms with Gasteiger partial charge in [-0.05, 0) is 12.3 Å². The second kappa shape index (κ2) is 10.5. The van der Waals surface area contributed by atoms with Gasteiger partial charge in [0.15, 0.2) is 0 Å². The summed E-state index contributed by atoms with van der Waals surface area (Å²) in [5.74, 6) is 1.24. The first-order valence-electron chi connectivity index (χ1n) is 6.48. The first-order chi connectivity index (χ1) is 7.43. The lowest BCUT2D eigenvalue weighted by Gasteiger charge is -2.05. The second-order valence-electron chi connectivity index (χ2n) is 5.30. The van der Waals surface area contributed by atoms with E-state index in [0.717, 1.165) is 18.8 Å². The predicted molar refractivity (Wildman–Crippen MR) is 74.1 cm³/mol. The maximum Gasteiger partial charge on any atom is 0.135 e. The largest absolute Gasteiger partial charge is 0.300 e. The summed E-state index contributed by atoms with van der Waals surface area (Å²) in [7, 11) is 0. The van der Waals surface area contributed by atoms with Crippen molar-refractivity contribution in [3.05, 3.63) is 0 Å². The zero-order valence-corrected chi connectivity index (χ0v) is 11.2. The third kappa shape index (κ3) is 11.6. The molecule has 0 aromatic heterocycles. The lowest BCUT2D eigenvalue weighted by molar-refractivity contribution is -0.125. The Morgan fingerprint density at radius 2 is 1.47 bits per heavy atom. The molecule has 0 aromatic carbocycles. The minimum absolute atomic E-state index is 0. The zero-order valence-electron chi connectivity index (χ0n) is 11.2. The Morgan fingerprint density at radius 3 is 1.94 bits per heavy atom. The maximum absolute atomic E-state index is 11.5. The second-order valence-corrected chi connectivity index (χ2v) is 5.30. The first-order valence-corrected chi connectivity index (χ1v) is 6.48. The molecule has 0 bridgehead atoms. The normalized spacial score (nSPS) is 10.5. The molecular formula is C15H30O2. The SMILES string of the molecule is C.CC(C)CCCCC(=O)CCC(=O)C(C)C. The molecule has 0 spiro atoms. The van der Waals surface area contributed by atoms with Crippen LogP contribution in [0.3, 0.4) is 0 Å². The van der Waals surface area contributed by atoms with Gasteiger partial charge in [0.2, 0.25) is 0 Å². The van der Waals surface area contributed by atoms with Crippen molar-refractivity contribution < 1.29 is 9.59 Å². The molecule has 0 aliphatic heterocycles. The van der Waals surface area contributed by atoms with E-state index in [4.69, 9.17) is 0 Å². The van der Waals surface area contributed by atoms with Crippen LogP contribution in [0.2, 0.25) is 0 Å².